The van der Waals surface area contributed by atoms with Gasteiger partial charge in [-0.1, -0.05) is 13.8 Å². The van der Waals surface area contributed by atoms with Gasteiger partial charge in [-0.3, -0.25) is 9.59 Å². The van der Waals surface area contributed by atoms with Crippen molar-refractivity contribution < 1.29 is 18.0 Å². The molecule has 0 bridgehead atoms. The normalized spacial score (nSPS) is 13.2. The maximum absolute atomic E-state index is 11.4. The van der Waals surface area contributed by atoms with Gasteiger partial charge >= 0.3 is 0 Å². The van der Waals surface area contributed by atoms with Crippen molar-refractivity contribution in [3.63, 3.8) is 0 Å². The lowest BCUT2D eigenvalue weighted by atomic mass is 10.1. The molecule has 0 saturated carbocycles. The third kappa shape index (κ3) is 8.02. The Morgan fingerprint density at radius 1 is 1.22 bits per heavy atom. The molecule has 8 heteroatoms. The molecule has 106 valence electrons. The molecular formula is C10H21N3O4S. The molecule has 0 fully saturated rings. The van der Waals surface area contributed by atoms with Crippen molar-refractivity contribution in [1.29, 1.82) is 0 Å². The first-order valence-electron chi connectivity index (χ1n) is 5.61. The number of hydrogen-bond acceptors (Lipinski definition) is 5. The number of nitrogens with two attached hydrogens (primary N) is 1. The van der Waals surface area contributed by atoms with Gasteiger partial charge in [-0.05, 0) is 5.92 Å². The van der Waals surface area contributed by atoms with Crippen molar-refractivity contribution in [2.45, 2.75) is 19.9 Å². The minimum atomic E-state index is -3.10. The van der Waals surface area contributed by atoms with E-state index in [2.05, 4.69) is 10.6 Å². The van der Waals surface area contributed by atoms with E-state index in [1.54, 1.807) is 13.8 Å². The molecule has 0 aliphatic heterocycles. The molecule has 0 rings (SSSR count). The number of rotatable bonds is 7. The zero-order valence-electron chi connectivity index (χ0n) is 10.9. The molecule has 0 saturated heterocycles. The largest absolute Gasteiger partial charge is 0.354 e. The first-order valence-corrected chi connectivity index (χ1v) is 7.67. The molecule has 2 amide bonds. The van der Waals surface area contributed by atoms with Crippen LogP contribution in [0, 0.1) is 5.92 Å². The molecule has 0 aliphatic carbocycles. The number of carbonyl (C=O) groups is 2. The van der Waals surface area contributed by atoms with E-state index in [9.17, 15) is 18.0 Å². The summed E-state index contributed by atoms with van der Waals surface area (Å²) in [5.74, 6) is -0.984. The maximum atomic E-state index is 11.4. The summed E-state index contributed by atoms with van der Waals surface area (Å²) in [4.78, 5) is 22.7. The van der Waals surface area contributed by atoms with Crippen LogP contribution in [0.4, 0.5) is 0 Å². The molecule has 4 N–H and O–H groups in total. The van der Waals surface area contributed by atoms with Gasteiger partial charge in [0.2, 0.25) is 11.8 Å². The average molecular weight is 279 g/mol. The van der Waals surface area contributed by atoms with Crippen LogP contribution in [0.2, 0.25) is 0 Å². The summed E-state index contributed by atoms with van der Waals surface area (Å²) < 4.78 is 21.6. The van der Waals surface area contributed by atoms with E-state index >= 15 is 0 Å². The van der Waals surface area contributed by atoms with Gasteiger partial charge in [0.15, 0.2) is 0 Å². The summed E-state index contributed by atoms with van der Waals surface area (Å²) in [5.41, 5.74) is 5.58. The van der Waals surface area contributed by atoms with Crippen LogP contribution in [0.25, 0.3) is 0 Å². The van der Waals surface area contributed by atoms with Crippen molar-refractivity contribution >= 4 is 21.7 Å². The third-order valence-electron chi connectivity index (χ3n) is 2.24. The Hall–Kier alpha value is -1.15. The first kappa shape index (κ1) is 16.9. The summed E-state index contributed by atoms with van der Waals surface area (Å²) in [6, 6.07) is -0.659. The van der Waals surface area contributed by atoms with Crippen molar-refractivity contribution in [2.24, 2.45) is 11.7 Å². The first-order chi connectivity index (χ1) is 8.13. The summed E-state index contributed by atoms with van der Waals surface area (Å²) in [5, 5.41) is 4.77. The number of nitrogens with one attached hydrogen (secondary N) is 2. The monoisotopic (exact) mass is 279 g/mol. The van der Waals surface area contributed by atoms with Crippen LogP contribution >= 0.6 is 0 Å². The van der Waals surface area contributed by atoms with Crippen LogP contribution in [-0.4, -0.2) is 51.4 Å². The van der Waals surface area contributed by atoms with E-state index in [1.807, 2.05) is 0 Å². The van der Waals surface area contributed by atoms with Gasteiger partial charge in [-0.25, -0.2) is 8.42 Å². The van der Waals surface area contributed by atoms with E-state index < -0.39 is 27.7 Å². The van der Waals surface area contributed by atoms with Crippen LogP contribution in [0.1, 0.15) is 13.8 Å². The molecule has 7 nitrogen and oxygen atoms in total. The molecule has 0 radical (unpaired) electrons. The van der Waals surface area contributed by atoms with Gasteiger partial charge in [-0.2, -0.15) is 0 Å². The summed E-state index contributed by atoms with van der Waals surface area (Å²) in [6.07, 6.45) is 1.09. The lowest BCUT2D eigenvalue weighted by Gasteiger charge is -2.15. The highest BCUT2D eigenvalue weighted by atomic mass is 32.2. The van der Waals surface area contributed by atoms with Crippen LogP contribution in [0.5, 0.6) is 0 Å². The number of sulfone groups is 1. The molecule has 0 aromatic rings. The van der Waals surface area contributed by atoms with Gasteiger partial charge in [0, 0.05) is 12.8 Å². The molecule has 0 spiro atoms. The van der Waals surface area contributed by atoms with E-state index in [1.165, 1.54) is 0 Å². The Morgan fingerprint density at radius 2 is 1.78 bits per heavy atom. The Bertz CT molecular complexity index is 392. The Balaban J connectivity index is 3.88. The zero-order chi connectivity index (χ0) is 14.3. The van der Waals surface area contributed by atoms with Gasteiger partial charge in [-0.15, -0.1) is 0 Å². The Kier molecular flexibility index (Phi) is 6.85. The second-order valence-electron chi connectivity index (χ2n) is 4.47. The Labute approximate surface area is 107 Å². The lowest BCUT2D eigenvalue weighted by Crippen LogP contribution is -2.47. The molecule has 1 atom stereocenters. The van der Waals surface area contributed by atoms with Crippen molar-refractivity contribution in [3.05, 3.63) is 0 Å². The van der Waals surface area contributed by atoms with Gasteiger partial charge in [0.25, 0.3) is 0 Å². The standard InChI is InChI=1S/C10H21N3O4S/c1-7(2)9(11)10(15)13-6-8(14)12-4-5-18(3,16)17/h7,9H,4-6,11H2,1-3H3,(H,12,14)(H,13,15)/t9-/m0/s1. The number of hydrogen-bond donors (Lipinski definition) is 3. The molecule has 0 aromatic carbocycles. The third-order valence-corrected chi connectivity index (χ3v) is 3.18. The summed E-state index contributed by atoms with van der Waals surface area (Å²) in [7, 11) is -3.10. The second kappa shape index (κ2) is 7.32. The molecule has 18 heavy (non-hydrogen) atoms. The van der Waals surface area contributed by atoms with Crippen LogP contribution in [0.3, 0.4) is 0 Å². The van der Waals surface area contributed by atoms with E-state index in [0.29, 0.717) is 0 Å². The predicted molar refractivity (Wildman–Crippen MR) is 68.5 cm³/mol. The molecule has 0 aliphatic rings. The lowest BCUT2D eigenvalue weighted by molar-refractivity contribution is -0.127. The second-order valence-corrected chi connectivity index (χ2v) is 6.73. The predicted octanol–water partition coefficient (Wildman–Crippen LogP) is -1.75. The highest BCUT2D eigenvalue weighted by molar-refractivity contribution is 7.90. The average Bonchev–Trinajstić information content (AvgIpc) is 2.22. The van der Waals surface area contributed by atoms with Crippen molar-refractivity contribution in [3.8, 4) is 0 Å². The maximum Gasteiger partial charge on any atom is 0.239 e. The fourth-order valence-corrected chi connectivity index (χ4v) is 1.50. The Morgan fingerprint density at radius 3 is 2.22 bits per heavy atom. The van der Waals surface area contributed by atoms with Crippen LogP contribution < -0.4 is 16.4 Å². The zero-order valence-corrected chi connectivity index (χ0v) is 11.7. The van der Waals surface area contributed by atoms with Crippen LogP contribution in [0.15, 0.2) is 0 Å². The molecular weight excluding hydrogens is 258 g/mol. The van der Waals surface area contributed by atoms with Gasteiger partial charge < -0.3 is 16.4 Å². The van der Waals surface area contributed by atoms with E-state index in [-0.39, 0.29) is 24.8 Å². The SMILES string of the molecule is CC(C)[C@H](N)C(=O)NCC(=O)NCCS(C)(=O)=O. The van der Waals surface area contributed by atoms with E-state index in [4.69, 9.17) is 5.73 Å². The highest BCUT2D eigenvalue weighted by Crippen LogP contribution is 1.97. The number of carbonyl (C=O) groups excluding carboxylic acids is 2. The van der Waals surface area contributed by atoms with Crippen molar-refractivity contribution in [1.82, 2.24) is 10.6 Å². The minimum Gasteiger partial charge on any atom is -0.354 e. The molecule has 0 unspecified atom stereocenters. The summed E-state index contributed by atoms with van der Waals surface area (Å²) in [6.45, 7) is 3.43. The topological polar surface area (TPSA) is 118 Å². The number of amides is 2. The summed E-state index contributed by atoms with van der Waals surface area (Å²) >= 11 is 0. The molecule has 0 heterocycles. The fourth-order valence-electron chi connectivity index (χ4n) is 1.03. The van der Waals surface area contributed by atoms with E-state index in [0.717, 1.165) is 6.26 Å². The van der Waals surface area contributed by atoms with Crippen molar-refractivity contribution in [2.75, 3.05) is 25.1 Å². The smallest absolute Gasteiger partial charge is 0.239 e. The fraction of sp³-hybridized carbons (Fsp3) is 0.800. The quantitative estimate of drug-likeness (QED) is 0.510. The highest BCUT2D eigenvalue weighted by Gasteiger charge is 2.17. The minimum absolute atomic E-state index is 0.0155. The molecule has 0 aromatic heterocycles. The van der Waals surface area contributed by atoms with Crippen LogP contribution in [-0.2, 0) is 19.4 Å². The van der Waals surface area contributed by atoms with Gasteiger partial charge in [0.05, 0.1) is 18.3 Å². The van der Waals surface area contributed by atoms with Gasteiger partial charge in [0.1, 0.15) is 9.84 Å².